The maximum Gasteiger partial charge on any atom is 0.421 e. The number of nitrogen functional groups attached to an aromatic ring is 1. The minimum atomic E-state index is -4.80. The van der Waals surface area contributed by atoms with Crippen LogP contribution in [0.15, 0.2) is 41.6 Å². The Kier molecular flexibility index (Phi) is 6.64. The second-order valence-corrected chi connectivity index (χ2v) is 9.12. The van der Waals surface area contributed by atoms with Crippen molar-refractivity contribution in [3.05, 3.63) is 42.2 Å². The molecular formula is C20H22F3N5O3S. The fraction of sp³-hybridized carbons (Fsp3) is 0.400. The second kappa shape index (κ2) is 8.93. The summed E-state index contributed by atoms with van der Waals surface area (Å²) in [7, 11) is -3.79. The number of aromatic nitrogens is 2. The number of anilines is 2. The summed E-state index contributed by atoms with van der Waals surface area (Å²) in [5.74, 6) is 3.37. The minimum absolute atomic E-state index is 0.0250. The van der Waals surface area contributed by atoms with E-state index in [0.29, 0.717) is 38.9 Å². The standard InChI is InChI=1S/C20H22F3N5O3S/c1-19(29,20(21,22)23)15-3-6-18(26-13-15)28-10-8-27(9-11-28)7-2-12-32(30,31)16-4-5-17(24)25-14-16/h3-6,13-14,29H,7-11H2,1H3,(H2,24,25). The predicted molar refractivity (Wildman–Crippen MR) is 112 cm³/mol. The van der Waals surface area contributed by atoms with E-state index in [1.165, 1.54) is 24.3 Å². The molecule has 0 amide bonds. The Morgan fingerprint density at radius 3 is 2.31 bits per heavy atom. The number of piperazine rings is 1. The van der Waals surface area contributed by atoms with Crippen molar-refractivity contribution in [1.29, 1.82) is 0 Å². The molecule has 1 fully saturated rings. The van der Waals surface area contributed by atoms with Gasteiger partial charge in [-0.05, 0) is 25.1 Å². The molecule has 0 radical (unpaired) electrons. The van der Waals surface area contributed by atoms with E-state index in [-0.39, 0.29) is 22.8 Å². The highest BCUT2D eigenvalue weighted by Gasteiger charge is 2.51. The zero-order valence-corrected chi connectivity index (χ0v) is 18.0. The lowest BCUT2D eigenvalue weighted by molar-refractivity contribution is -0.259. The smallest absolute Gasteiger partial charge is 0.384 e. The molecule has 1 unspecified atom stereocenters. The summed E-state index contributed by atoms with van der Waals surface area (Å²) in [5.41, 5.74) is 2.14. The third-order valence-corrected chi connectivity index (χ3v) is 6.41. The van der Waals surface area contributed by atoms with Gasteiger partial charge >= 0.3 is 6.18 Å². The minimum Gasteiger partial charge on any atom is -0.384 e. The van der Waals surface area contributed by atoms with Crippen LogP contribution in [0.2, 0.25) is 0 Å². The summed E-state index contributed by atoms with van der Waals surface area (Å²) in [4.78, 5) is 11.6. The molecular weight excluding hydrogens is 447 g/mol. The summed E-state index contributed by atoms with van der Waals surface area (Å²) in [5, 5.41) is 12.0. The number of alkyl halides is 3. The lowest BCUT2D eigenvalue weighted by Gasteiger charge is -2.34. The molecule has 32 heavy (non-hydrogen) atoms. The SMILES string of the molecule is CC(O)(c1ccc(N2CCN(CC#CS(=O)(=O)c3ccc(N)nc3)CC2)nc1)C(F)(F)F. The number of rotatable bonds is 4. The van der Waals surface area contributed by atoms with Crippen LogP contribution in [0.4, 0.5) is 24.8 Å². The van der Waals surface area contributed by atoms with Gasteiger partial charge in [-0.3, -0.25) is 4.90 Å². The fourth-order valence-corrected chi connectivity index (χ4v) is 3.82. The van der Waals surface area contributed by atoms with Crippen LogP contribution in [-0.2, 0) is 15.4 Å². The van der Waals surface area contributed by atoms with Crippen molar-refractivity contribution in [1.82, 2.24) is 14.9 Å². The van der Waals surface area contributed by atoms with Crippen molar-refractivity contribution >= 4 is 21.5 Å². The lowest BCUT2D eigenvalue weighted by atomic mass is 9.97. The Bertz CT molecular complexity index is 1100. The highest BCUT2D eigenvalue weighted by molar-refractivity contribution is 7.96. The number of hydrogen-bond acceptors (Lipinski definition) is 8. The van der Waals surface area contributed by atoms with Crippen LogP contribution in [0, 0.1) is 11.2 Å². The first-order chi connectivity index (χ1) is 14.9. The zero-order valence-electron chi connectivity index (χ0n) is 17.2. The van der Waals surface area contributed by atoms with Crippen LogP contribution in [0.1, 0.15) is 12.5 Å². The Balaban J connectivity index is 1.56. The summed E-state index contributed by atoms with van der Waals surface area (Å²) in [6.07, 6.45) is -2.62. The van der Waals surface area contributed by atoms with E-state index in [2.05, 4.69) is 21.1 Å². The van der Waals surface area contributed by atoms with Crippen molar-refractivity contribution in [3.8, 4) is 11.2 Å². The molecule has 1 aliphatic rings. The number of pyridine rings is 2. The molecule has 172 valence electrons. The van der Waals surface area contributed by atoms with Crippen molar-refractivity contribution in [2.45, 2.75) is 23.6 Å². The second-order valence-electron chi connectivity index (χ2n) is 7.44. The van der Waals surface area contributed by atoms with Crippen LogP contribution in [-0.4, -0.2) is 67.3 Å². The van der Waals surface area contributed by atoms with E-state index >= 15 is 0 Å². The molecule has 0 spiro atoms. The Hall–Kier alpha value is -2.88. The number of aliphatic hydroxyl groups is 1. The van der Waals surface area contributed by atoms with E-state index in [0.717, 1.165) is 12.4 Å². The van der Waals surface area contributed by atoms with Gasteiger partial charge in [0.15, 0.2) is 5.60 Å². The Morgan fingerprint density at radius 2 is 1.78 bits per heavy atom. The normalized spacial score (nSPS) is 17.3. The maximum absolute atomic E-state index is 13.0. The molecule has 0 aliphatic carbocycles. The van der Waals surface area contributed by atoms with Crippen molar-refractivity contribution < 1.29 is 26.7 Å². The molecule has 3 N–H and O–H groups in total. The van der Waals surface area contributed by atoms with E-state index < -0.39 is 21.6 Å². The van der Waals surface area contributed by atoms with Crippen molar-refractivity contribution in [2.24, 2.45) is 0 Å². The average Bonchev–Trinajstić information content (AvgIpc) is 2.74. The van der Waals surface area contributed by atoms with Gasteiger partial charge in [0.1, 0.15) is 11.6 Å². The molecule has 3 rings (SSSR count). The summed E-state index contributed by atoms with van der Waals surface area (Å²) in [6, 6.07) is 5.39. The first kappa shape index (κ1) is 23.8. The van der Waals surface area contributed by atoms with Crippen molar-refractivity contribution in [3.63, 3.8) is 0 Å². The highest BCUT2D eigenvalue weighted by atomic mass is 32.2. The molecule has 1 saturated heterocycles. The van der Waals surface area contributed by atoms with E-state index in [9.17, 15) is 26.7 Å². The van der Waals surface area contributed by atoms with Gasteiger partial charge in [0.05, 0.1) is 11.4 Å². The van der Waals surface area contributed by atoms with E-state index in [4.69, 9.17) is 5.73 Å². The van der Waals surface area contributed by atoms with Crippen LogP contribution in [0.3, 0.4) is 0 Å². The zero-order chi connectivity index (χ0) is 23.6. The third kappa shape index (κ3) is 5.29. The molecule has 8 nitrogen and oxygen atoms in total. The van der Waals surface area contributed by atoms with Crippen molar-refractivity contribution in [2.75, 3.05) is 43.4 Å². The largest absolute Gasteiger partial charge is 0.421 e. The Labute approximate surface area is 183 Å². The predicted octanol–water partition coefficient (Wildman–Crippen LogP) is 1.39. The molecule has 12 heteroatoms. The van der Waals surface area contributed by atoms with E-state index in [1.54, 1.807) is 0 Å². The molecule has 0 aromatic carbocycles. The Morgan fingerprint density at radius 1 is 1.09 bits per heavy atom. The quantitative estimate of drug-likeness (QED) is 0.510. The summed E-state index contributed by atoms with van der Waals surface area (Å²) >= 11 is 0. The summed E-state index contributed by atoms with van der Waals surface area (Å²) < 4.78 is 63.3. The lowest BCUT2D eigenvalue weighted by Crippen LogP contribution is -2.46. The highest BCUT2D eigenvalue weighted by Crippen LogP contribution is 2.38. The van der Waals surface area contributed by atoms with Gasteiger partial charge in [-0.1, -0.05) is 12.0 Å². The first-order valence-electron chi connectivity index (χ1n) is 9.59. The van der Waals surface area contributed by atoms with Gasteiger partial charge in [0.2, 0.25) is 9.84 Å². The number of nitrogens with two attached hydrogens (primary N) is 1. The average molecular weight is 469 g/mol. The molecule has 1 aliphatic heterocycles. The van der Waals surface area contributed by atoms with Gasteiger partial charge < -0.3 is 15.7 Å². The van der Waals surface area contributed by atoms with Crippen LogP contribution >= 0.6 is 0 Å². The van der Waals surface area contributed by atoms with Gasteiger partial charge in [-0.25, -0.2) is 18.4 Å². The van der Waals surface area contributed by atoms with Crippen LogP contribution < -0.4 is 10.6 Å². The molecule has 1 atom stereocenters. The first-order valence-corrected chi connectivity index (χ1v) is 11.1. The van der Waals surface area contributed by atoms with Gasteiger partial charge in [0, 0.05) is 49.4 Å². The van der Waals surface area contributed by atoms with E-state index in [1.807, 2.05) is 9.80 Å². The fourth-order valence-electron chi connectivity index (χ4n) is 3.01. The number of sulfone groups is 1. The molecule has 0 bridgehead atoms. The summed E-state index contributed by atoms with van der Waals surface area (Å²) in [6.45, 7) is 3.16. The molecule has 2 aromatic rings. The van der Waals surface area contributed by atoms with Gasteiger partial charge in [-0.2, -0.15) is 13.2 Å². The topological polar surface area (TPSA) is 113 Å². The van der Waals surface area contributed by atoms with Gasteiger partial charge in [0.25, 0.3) is 0 Å². The number of hydrogen-bond donors (Lipinski definition) is 2. The molecule has 3 heterocycles. The van der Waals surface area contributed by atoms with Crippen LogP contribution in [0.25, 0.3) is 0 Å². The number of nitrogens with zero attached hydrogens (tertiary/aromatic N) is 4. The third-order valence-electron chi connectivity index (χ3n) is 5.14. The monoisotopic (exact) mass is 469 g/mol. The van der Waals surface area contributed by atoms with Gasteiger partial charge in [-0.15, -0.1) is 0 Å². The number of halogens is 3. The maximum atomic E-state index is 13.0. The molecule has 2 aromatic heterocycles. The van der Waals surface area contributed by atoms with Crippen LogP contribution in [0.5, 0.6) is 0 Å². The molecule has 0 saturated carbocycles.